The van der Waals surface area contributed by atoms with E-state index in [1.54, 1.807) is 6.92 Å². The Hall–Kier alpha value is -1.85. The zero-order chi connectivity index (χ0) is 17.2. The fourth-order valence-corrected chi connectivity index (χ4v) is 2.34. The molecule has 6 heteroatoms. The number of hydrogen-bond donors (Lipinski definition) is 2. The first kappa shape index (κ1) is 17.5. The van der Waals surface area contributed by atoms with Crippen molar-refractivity contribution in [1.29, 1.82) is 0 Å². The van der Waals surface area contributed by atoms with E-state index < -0.39 is 12.0 Å². The van der Waals surface area contributed by atoms with E-state index in [4.69, 9.17) is 16.7 Å². The zero-order valence-electron chi connectivity index (χ0n) is 13.8. The number of aliphatic carboxylic acids is 1. The van der Waals surface area contributed by atoms with E-state index in [-0.39, 0.29) is 5.54 Å². The number of carboxylic acid groups (broad SMARTS) is 1. The largest absolute Gasteiger partial charge is 0.480 e. The maximum atomic E-state index is 11.0. The van der Waals surface area contributed by atoms with Crippen LogP contribution in [0.1, 0.15) is 33.3 Å². The highest BCUT2D eigenvalue weighted by Crippen LogP contribution is 2.30. The Morgan fingerprint density at radius 3 is 2.61 bits per heavy atom. The van der Waals surface area contributed by atoms with E-state index in [0.717, 1.165) is 16.8 Å². The molecule has 2 N–H and O–H groups in total. The van der Waals surface area contributed by atoms with E-state index in [1.807, 2.05) is 35.1 Å². The molecule has 1 atom stereocenters. The molecule has 0 amide bonds. The number of rotatable bonds is 5. The monoisotopic (exact) mass is 335 g/mol. The number of benzene rings is 1. The van der Waals surface area contributed by atoms with Crippen LogP contribution in [0, 0.1) is 0 Å². The van der Waals surface area contributed by atoms with Gasteiger partial charge in [0.1, 0.15) is 6.04 Å². The molecule has 0 aliphatic heterocycles. The fourth-order valence-electron chi connectivity index (χ4n) is 2.11. The van der Waals surface area contributed by atoms with Crippen molar-refractivity contribution < 1.29 is 9.90 Å². The van der Waals surface area contributed by atoms with Crippen LogP contribution in [0.3, 0.4) is 0 Å². The van der Waals surface area contributed by atoms with Crippen LogP contribution in [0.15, 0.2) is 30.5 Å². The standard InChI is InChI=1S/C17H22ClN3O2/c1-11(16(22)23)19-9-12-10-21(17(2,3)4)20-15(12)13-7-5-6-8-14(13)18/h5-8,10-11,19H,9H2,1-4H3,(H,22,23). The van der Waals surface area contributed by atoms with Crippen molar-refractivity contribution in [2.45, 2.75) is 45.8 Å². The average Bonchev–Trinajstić information content (AvgIpc) is 2.89. The lowest BCUT2D eigenvalue weighted by molar-refractivity contribution is -0.139. The quantitative estimate of drug-likeness (QED) is 0.877. The lowest BCUT2D eigenvalue weighted by Gasteiger charge is -2.19. The van der Waals surface area contributed by atoms with E-state index in [1.165, 1.54) is 0 Å². The van der Waals surface area contributed by atoms with Crippen molar-refractivity contribution in [3.05, 3.63) is 41.0 Å². The Bertz CT molecular complexity index is 704. The molecule has 0 aliphatic rings. The van der Waals surface area contributed by atoms with Crippen molar-refractivity contribution in [1.82, 2.24) is 15.1 Å². The third-order valence-electron chi connectivity index (χ3n) is 3.58. The summed E-state index contributed by atoms with van der Waals surface area (Å²) in [6, 6.07) is 6.89. The Morgan fingerprint density at radius 1 is 1.39 bits per heavy atom. The van der Waals surface area contributed by atoms with Crippen molar-refractivity contribution in [2.75, 3.05) is 0 Å². The first-order chi connectivity index (χ1) is 10.7. The molecule has 5 nitrogen and oxygen atoms in total. The van der Waals surface area contributed by atoms with Crippen LogP contribution in [0.25, 0.3) is 11.3 Å². The highest BCUT2D eigenvalue weighted by Gasteiger charge is 2.21. The third kappa shape index (κ3) is 4.12. The minimum atomic E-state index is -0.882. The summed E-state index contributed by atoms with van der Waals surface area (Å²) < 4.78 is 1.88. The second-order valence-corrected chi connectivity index (χ2v) is 6.95. The molecule has 1 aromatic carbocycles. The van der Waals surface area contributed by atoms with E-state index >= 15 is 0 Å². The predicted octanol–water partition coefficient (Wildman–Crippen LogP) is 3.52. The molecular formula is C17H22ClN3O2. The minimum absolute atomic E-state index is 0.174. The smallest absolute Gasteiger partial charge is 0.320 e. The van der Waals surface area contributed by atoms with Gasteiger partial charge in [-0.2, -0.15) is 5.10 Å². The van der Waals surface area contributed by atoms with Crippen LogP contribution >= 0.6 is 11.6 Å². The van der Waals surface area contributed by atoms with Crippen molar-refractivity contribution >= 4 is 17.6 Å². The van der Waals surface area contributed by atoms with Crippen molar-refractivity contribution in [3.8, 4) is 11.3 Å². The molecule has 1 aromatic heterocycles. The topological polar surface area (TPSA) is 67.2 Å². The normalized spacial score (nSPS) is 13.1. The molecule has 0 saturated carbocycles. The van der Waals surface area contributed by atoms with E-state index in [9.17, 15) is 4.79 Å². The number of nitrogens with zero attached hydrogens (tertiary/aromatic N) is 2. The summed E-state index contributed by atoms with van der Waals surface area (Å²) >= 11 is 6.30. The molecule has 0 saturated heterocycles. The Labute approximate surface area is 141 Å². The van der Waals surface area contributed by atoms with Gasteiger partial charge in [0, 0.05) is 23.9 Å². The first-order valence-electron chi connectivity index (χ1n) is 7.50. The van der Waals surface area contributed by atoms with Gasteiger partial charge in [0.05, 0.1) is 16.3 Å². The second kappa shape index (κ2) is 6.72. The molecule has 2 rings (SSSR count). The number of hydrogen-bond acceptors (Lipinski definition) is 3. The highest BCUT2D eigenvalue weighted by molar-refractivity contribution is 6.33. The highest BCUT2D eigenvalue weighted by atomic mass is 35.5. The maximum absolute atomic E-state index is 11.0. The van der Waals surface area contributed by atoms with Gasteiger partial charge in [0.2, 0.25) is 0 Å². The van der Waals surface area contributed by atoms with Crippen LogP contribution < -0.4 is 5.32 Å². The summed E-state index contributed by atoms with van der Waals surface area (Å²) in [5, 5.41) is 17.3. The molecule has 124 valence electrons. The zero-order valence-corrected chi connectivity index (χ0v) is 14.6. The lowest BCUT2D eigenvalue weighted by atomic mass is 10.1. The maximum Gasteiger partial charge on any atom is 0.320 e. The molecule has 0 spiro atoms. The van der Waals surface area contributed by atoms with Crippen LogP contribution in [-0.4, -0.2) is 26.9 Å². The van der Waals surface area contributed by atoms with E-state index in [0.29, 0.717) is 11.6 Å². The Kier molecular flexibility index (Phi) is 5.12. The van der Waals surface area contributed by atoms with Gasteiger partial charge in [-0.05, 0) is 33.8 Å². The van der Waals surface area contributed by atoms with Gasteiger partial charge in [-0.1, -0.05) is 29.8 Å². The SMILES string of the molecule is CC(NCc1cn(C(C)(C)C)nc1-c1ccccc1Cl)C(=O)O. The van der Waals surface area contributed by atoms with Crippen molar-refractivity contribution in [2.24, 2.45) is 0 Å². The molecular weight excluding hydrogens is 314 g/mol. The summed E-state index contributed by atoms with van der Waals surface area (Å²) in [5.74, 6) is -0.882. The number of aromatic nitrogens is 2. The molecule has 23 heavy (non-hydrogen) atoms. The molecule has 1 unspecified atom stereocenters. The molecule has 2 aromatic rings. The Balaban J connectivity index is 2.41. The summed E-state index contributed by atoms with van der Waals surface area (Å²) in [6.45, 7) is 8.21. The van der Waals surface area contributed by atoms with Gasteiger partial charge in [-0.15, -0.1) is 0 Å². The summed E-state index contributed by atoms with van der Waals surface area (Å²) in [6.07, 6.45) is 1.94. The van der Waals surface area contributed by atoms with Crippen LogP contribution in [-0.2, 0) is 16.9 Å². The van der Waals surface area contributed by atoms with Crippen LogP contribution in [0.4, 0.5) is 0 Å². The third-order valence-corrected chi connectivity index (χ3v) is 3.91. The van der Waals surface area contributed by atoms with Crippen LogP contribution in [0.5, 0.6) is 0 Å². The Morgan fingerprint density at radius 2 is 2.04 bits per heavy atom. The fraction of sp³-hybridized carbons (Fsp3) is 0.412. The van der Waals surface area contributed by atoms with Gasteiger partial charge in [-0.3, -0.25) is 9.48 Å². The van der Waals surface area contributed by atoms with Gasteiger partial charge >= 0.3 is 5.97 Å². The molecule has 0 fully saturated rings. The van der Waals surface area contributed by atoms with Crippen molar-refractivity contribution in [3.63, 3.8) is 0 Å². The predicted molar refractivity (Wildman–Crippen MR) is 91.6 cm³/mol. The summed E-state index contributed by atoms with van der Waals surface area (Å²) in [5.41, 5.74) is 2.36. The molecule has 0 bridgehead atoms. The first-order valence-corrected chi connectivity index (χ1v) is 7.88. The number of halogens is 1. The van der Waals surface area contributed by atoms with E-state index in [2.05, 4.69) is 31.2 Å². The summed E-state index contributed by atoms with van der Waals surface area (Å²) in [4.78, 5) is 11.0. The minimum Gasteiger partial charge on any atom is -0.480 e. The van der Waals surface area contributed by atoms with Gasteiger partial charge < -0.3 is 10.4 Å². The lowest BCUT2D eigenvalue weighted by Crippen LogP contribution is -2.33. The van der Waals surface area contributed by atoms with Crippen LogP contribution in [0.2, 0.25) is 5.02 Å². The molecule has 0 aliphatic carbocycles. The number of carbonyl (C=O) groups is 1. The summed E-state index contributed by atoms with van der Waals surface area (Å²) in [7, 11) is 0. The molecule has 0 radical (unpaired) electrons. The second-order valence-electron chi connectivity index (χ2n) is 6.54. The number of carboxylic acids is 1. The van der Waals surface area contributed by atoms with Gasteiger partial charge in [0.15, 0.2) is 0 Å². The van der Waals surface area contributed by atoms with Gasteiger partial charge in [-0.25, -0.2) is 0 Å². The average molecular weight is 336 g/mol. The molecule has 1 heterocycles. The van der Waals surface area contributed by atoms with Gasteiger partial charge in [0.25, 0.3) is 0 Å². The number of nitrogens with one attached hydrogen (secondary N) is 1.